The van der Waals surface area contributed by atoms with E-state index in [2.05, 4.69) is 121 Å². The summed E-state index contributed by atoms with van der Waals surface area (Å²) in [4.78, 5) is 5.47. The molecule has 0 N–H and O–H groups in total. The van der Waals surface area contributed by atoms with E-state index in [9.17, 15) is 0 Å². The molecule has 2 heteroatoms. The molecule has 2 aromatic heterocycles. The zero-order chi connectivity index (χ0) is 23.6. The fourth-order valence-electron chi connectivity index (χ4n) is 5.68. The first-order valence-corrected chi connectivity index (χ1v) is 13.8. The molecule has 2 aliphatic carbocycles. The van der Waals surface area contributed by atoms with E-state index in [1.54, 1.807) is 0 Å². The Kier molecular flexibility index (Phi) is 4.36. The summed E-state index contributed by atoms with van der Waals surface area (Å²) in [6.07, 6.45) is 0. The smallest absolute Gasteiger partial charge is 0.0534 e. The molecular weight excluding hydrogens is 473 g/mol. The molecule has 0 radical (unpaired) electrons. The fraction of sp³-hybridized carbons (Fsp3) is 0. The Balaban J connectivity index is 1.46. The normalized spacial score (nSPS) is 12.9. The van der Waals surface area contributed by atoms with Crippen LogP contribution in [0.5, 0.6) is 0 Å². The van der Waals surface area contributed by atoms with Gasteiger partial charge >= 0.3 is 0 Å². The monoisotopic (exact) mass is 492 g/mol. The molecular formula is C34H20S2. The predicted octanol–water partition coefficient (Wildman–Crippen LogP) is 10.1. The molecule has 2 heterocycles. The van der Waals surface area contributed by atoms with Gasteiger partial charge < -0.3 is 0 Å². The summed E-state index contributed by atoms with van der Waals surface area (Å²) in [6.45, 7) is 0. The number of thiophene rings is 2. The number of hydrogen-bond acceptors (Lipinski definition) is 2. The van der Waals surface area contributed by atoms with Gasteiger partial charge in [0, 0.05) is 26.5 Å². The maximum atomic E-state index is 2.43. The van der Waals surface area contributed by atoms with Gasteiger partial charge in [0.05, 0.1) is 9.75 Å². The quantitative estimate of drug-likeness (QED) is 0.225. The molecule has 0 atom stereocenters. The molecule has 0 aliphatic heterocycles. The van der Waals surface area contributed by atoms with Crippen LogP contribution in [0.4, 0.5) is 0 Å². The van der Waals surface area contributed by atoms with Crippen LogP contribution in [0.1, 0.15) is 22.3 Å². The van der Waals surface area contributed by atoms with E-state index in [4.69, 9.17) is 0 Å². The highest BCUT2D eigenvalue weighted by molar-refractivity contribution is 7.26. The van der Waals surface area contributed by atoms with Gasteiger partial charge in [0.2, 0.25) is 0 Å². The van der Waals surface area contributed by atoms with Crippen molar-refractivity contribution in [3.8, 4) is 41.8 Å². The summed E-state index contributed by atoms with van der Waals surface area (Å²) < 4.78 is 0. The first-order valence-electron chi connectivity index (χ1n) is 12.2. The van der Waals surface area contributed by atoms with Crippen molar-refractivity contribution < 1.29 is 0 Å². The second kappa shape index (κ2) is 7.76. The van der Waals surface area contributed by atoms with E-state index < -0.39 is 0 Å². The second-order valence-corrected chi connectivity index (χ2v) is 11.4. The molecule has 2 aliphatic rings. The molecule has 0 saturated heterocycles. The zero-order valence-corrected chi connectivity index (χ0v) is 21.0. The summed E-state index contributed by atoms with van der Waals surface area (Å²) in [6, 6.07) is 44.2. The van der Waals surface area contributed by atoms with E-state index >= 15 is 0 Å². The maximum Gasteiger partial charge on any atom is 0.0534 e. The molecule has 36 heavy (non-hydrogen) atoms. The van der Waals surface area contributed by atoms with Crippen molar-refractivity contribution in [2.24, 2.45) is 0 Å². The molecule has 0 fully saturated rings. The lowest BCUT2D eigenvalue weighted by molar-refractivity contribution is 1.64. The summed E-state index contributed by atoms with van der Waals surface area (Å²) in [5.74, 6) is 0. The Morgan fingerprint density at radius 1 is 0.333 bits per heavy atom. The van der Waals surface area contributed by atoms with Crippen molar-refractivity contribution in [1.29, 1.82) is 0 Å². The predicted molar refractivity (Wildman–Crippen MR) is 155 cm³/mol. The molecule has 0 nitrogen and oxygen atoms in total. The van der Waals surface area contributed by atoms with Crippen molar-refractivity contribution >= 4 is 33.8 Å². The molecule has 0 bridgehead atoms. The first kappa shape index (κ1) is 20.2. The van der Waals surface area contributed by atoms with Crippen LogP contribution in [0.3, 0.4) is 0 Å². The minimum Gasteiger partial charge on any atom is -0.134 e. The topological polar surface area (TPSA) is 0 Å². The highest BCUT2D eigenvalue weighted by atomic mass is 32.1. The van der Waals surface area contributed by atoms with E-state index in [0.717, 1.165) is 0 Å². The van der Waals surface area contributed by atoms with Gasteiger partial charge in [-0.05, 0) is 51.1 Å². The number of fused-ring (bicyclic) bond motifs is 6. The summed E-state index contributed by atoms with van der Waals surface area (Å²) in [5.41, 5.74) is 13.4. The van der Waals surface area contributed by atoms with Crippen LogP contribution >= 0.6 is 22.7 Å². The van der Waals surface area contributed by atoms with Gasteiger partial charge in [0.1, 0.15) is 0 Å². The molecule has 168 valence electrons. The van der Waals surface area contributed by atoms with Crippen molar-refractivity contribution in [2.45, 2.75) is 0 Å². The van der Waals surface area contributed by atoms with Gasteiger partial charge in [0.15, 0.2) is 0 Å². The first-order chi connectivity index (χ1) is 17.9. The van der Waals surface area contributed by atoms with Crippen LogP contribution in [-0.4, -0.2) is 0 Å². The lowest BCUT2D eigenvalue weighted by Gasteiger charge is -2.10. The Morgan fingerprint density at radius 2 is 0.694 bits per heavy atom. The van der Waals surface area contributed by atoms with Crippen molar-refractivity contribution in [3.63, 3.8) is 0 Å². The SMILES string of the molecule is c1ccc(-c2cc3c(s2)-c2sc(-c4ccccc4)cc2C3=C2c3ccccc3-c3ccccc32)cc1. The summed E-state index contributed by atoms with van der Waals surface area (Å²) in [5, 5.41) is 0. The maximum absolute atomic E-state index is 2.43. The Hall–Kier alpha value is -3.98. The van der Waals surface area contributed by atoms with Gasteiger partial charge in [0.25, 0.3) is 0 Å². The number of benzene rings is 4. The van der Waals surface area contributed by atoms with Gasteiger partial charge in [-0.15, -0.1) is 22.7 Å². The van der Waals surface area contributed by atoms with Gasteiger partial charge in [-0.2, -0.15) is 0 Å². The average Bonchev–Trinajstić information content (AvgIpc) is 3.69. The highest BCUT2D eigenvalue weighted by Crippen LogP contribution is 2.59. The van der Waals surface area contributed by atoms with Crippen molar-refractivity contribution in [2.75, 3.05) is 0 Å². The van der Waals surface area contributed by atoms with Crippen LogP contribution in [0, 0.1) is 0 Å². The van der Waals surface area contributed by atoms with E-state index in [1.165, 1.54) is 75.2 Å². The zero-order valence-electron chi connectivity index (χ0n) is 19.4. The summed E-state index contributed by atoms with van der Waals surface area (Å²) in [7, 11) is 0. The molecule has 4 aromatic carbocycles. The third kappa shape index (κ3) is 2.86. The minimum absolute atomic E-state index is 1.29. The van der Waals surface area contributed by atoms with Crippen molar-refractivity contribution in [1.82, 2.24) is 0 Å². The molecule has 0 saturated carbocycles. The standard InChI is InChI=1S/C34H20S2/c1-3-11-21(12-4-1)29-19-27-32(31-25-17-9-7-15-23(25)24-16-8-10-18-26(24)31)28-20-30(22-13-5-2-6-14-22)36-34(28)33(27)35-29/h1-20H. The van der Waals surface area contributed by atoms with Crippen LogP contribution < -0.4 is 0 Å². The number of hydrogen-bond donors (Lipinski definition) is 0. The molecule has 0 unspecified atom stereocenters. The minimum atomic E-state index is 1.29. The molecule has 0 amide bonds. The van der Waals surface area contributed by atoms with Crippen LogP contribution in [0.15, 0.2) is 121 Å². The van der Waals surface area contributed by atoms with Crippen LogP contribution in [-0.2, 0) is 0 Å². The fourth-order valence-corrected chi connectivity index (χ4v) is 8.18. The van der Waals surface area contributed by atoms with Gasteiger partial charge in [-0.25, -0.2) is 0 Å². The van der Waals surface area contributed by atoms with Crippen LogP contribution in [0.25, 0.3) is 52.9 Å². The Bertz CT molecular complexity index is 1680. The average molecular weight is 493 g/mol. The third-order valence-corrected chi connectivity index (χ3v) is 9.79. The number of rotatable bonds is 2. The van der Waals surface area contributed by atoms with E-state index in [-0.39, 0.29) is 0 Å². The van der Waals surface area contributed by atoms with Gasteiger partial charge in [-0.3, -0.25) is 0 Å². The lowest BCUT2D eigenvalue weighted by atomic mass is 9.92. The summed E-state index contributed by atoms with van der Waals surface area (Å²) >= 11 is 3.86. The molecule has 8 rings (SSSR count). The Labute approximate surface area is 218 Å². The van der Waals surface area contributed by atoms with Gasteiger partial charge in [-0.1, -0.05) is 109 Å². The largest absolute Gasteiger partial charge is 0.134 e. The highest BCUT2D eigenvalue weighted by Gasteiger charge is 2.35. The molecule has 6 aromatic rings. The Morgan fingerprint density at radius 3 is 1.14 bits per heavy atom. The van der Waals surface area contributed by atoms with Crippen LogP contribution in [0.2, 0.25) is 0 Å². The molecule has 0 spiro atoms. The van der Waals surface area contributed by atoms with Crippen molar-refractivity contribution in [3.05, 3.63) is 144 Å². The van der Waals surface area contributed by atoms with E-state index in [0.29, 0.717) is 0 Å². The second-order valence-electron chi connectivity index (χ2n) is 9.28. The third-order valence-electron chi connectivity index (χ3n) is 7.26. The lowest BCUT2D eigenvalue weighted by Crippen LogP contribution is -1.89. The van der Waals surface area contributed by atoms with E-state index in [1.807, 2.05) is 22.7 Å².